The zero-order valence-electron chi connectivity index (χ0n) is 19.1. The van der Waals surface area contributed by atoms with Crippen molar-refractivity contribution in [2.75, 3.05) is 22.6 Å². The zero-order chi connectivity index (χ0) is 24.1. The second-order valence-electron chi connectivity index (χ2n) is 7.73. The van der Waals surface area contributed by atoms with Gasteiger partial charge >= 0.3 is 0 Å². The van der Waals surface area contributed by atoms with Crippen LogP contribution in [0.1, 0.15) is 22.8 Å². The van der Waals surface area contributed by atoms with Gasteiger partial charge in [-0.25, -0.2) is 15.0 Å². The van der Waals surface area contributed by atoms with Gasteiger partial charge in [-0.1, -0.05) is 6.07 Å². The number of nitrogens with zero attached hydrogens (tertiary/aromatic N) is 4. The van der Waals surface area contributed by atoms with Gasteiger partial charge in [-0.05, 0) is 67.1 Å². The van der Waals surface area contributed by atoms with Crippen LogP contribution in [0.3, 0.4) is 0 Å². The summed E-state index contributed by atoms with van der Waals surface area (Å²) in [5.74, 6) is 0.326. The molecule has 2 N–H and O–H groups in total. The number of hydrogen-bond donors (Lipinski definition) is 2. The predicted octanol–water partition coefficient (Wildman–Crippen LogP) is 4.83. The summed E-state index contributed by atoms with van der Waals surface area (Å²) in [7, 11) is 1.70. The maximum atomic E-state index is 12.9. The van der Waals surface area contributed by atoms with Crippen LogP contribution in [-0.4, -0.2) is 33.8 Å². The molecule has 34 heavy (non-hydrogen) atoms. The van der Waals surface area contributed by atoms with Gasteiger partial charge in [-0.15, -0.1) is 0 Å². The van der Waals surface area contributed by atoms with Crippen LogP contribution in [-0.2, 0) is 4.79 Å². The van der Waals surface area contributed by atoms with Gasteiger partial charge in [-0.2, -0.15) is 0 Å². The van der Waals surface area contributed by atoms with Crippen LogP contribution in [0, 0.1) is 6.92 Å². The van der Waals surface area contributed by atoms with E-state index in [0.29, 0.717) is 17.1 Å². The fourth-order valence-electron chi connectivity index (χ4n) is 3.34. The molecule has 170 valence electrons. The Balaban J connectivity index is 1.54. The highest BCUT2D eigenvalue weighted by atomic mass is 16.2. The maximum Gasteiger partial charge on any atom is 0.255 e. The number of aryl methyl sites for hydroxylation is 1. The van der Waals surface area contributed by atoms with Gasteiger partial charge in [0.15, 0.2) is 0 Å². The molecule has 4 aromatic rings. The number of carbonyl (C=O) groups is 2. The highest BCUT2D eigenvalue weighted by Crippen LogP contribution is 2.28. The van der Waals surface area contributed by atoms with Gasteiger partial charge in [0.2, 0.25) is 5.91 Å². The van der Waals surface area contributed by atoms with Crippen LogP contribution < -0.4 is 15.5 Å². The minimum absolute atomic E-state index is 0.0627. The summed E-state index contributed by atoms with van der Waals surface area (Å²) in [5.41, 5.74) is 5.19. The van der Waals surface area contributed by atoms with Crippen LogP contribution in [0.25, 0.3) is 11.3 Å². The number of benzene rings is 2. The summed E-state index contributed by atoms with van der Waals surface area (Å²) >= 11 is 0. The third-order valence-corrected chi connectivity index (χ3v) is 5.40. The van der Waals surface area contributed by atoms with Gasteiger partial charge in [0, 0.05) is 54.6 Å². The lowest BCUT2D eigenvalue weighted by atomic mass is 10.1. The van der Waals surface area contributed by atoms with E-state index in [2.05, 4.69) is 25.6 Å². The maximum absolute atomic E-state index is 12.9. The Morgan fingerprint density at radius 2 is 1.74 bits per heavy atom. The molecule has 2 heterocycles. The second-order valence-corrected chi connectivity index (χ2v) is 7.73. The van der Waals surface area contributed by atoms with E-state index in [-0.39, 0.29) is 11.8 Å². The largest absolute Gasteiger partial charge is 0.339 e. The average molecular weight is 453 g/mol. The molecule has 0 spiro atoms. The van der Waals surface area contributed by atoms with Crippen LogP contribution in [0.15, 0.2) is 79.4 Å². The third kappa shape index (κ3) is 5.07. The molecular weight excluding hydrogens is 428 g/mol. The van der Waals surface area contributed by atoms with Crippen molar-refractivity contribution in [2.45, 2.75) is 13.8 Å². The Morgan fingerprint density at radius 3 is 2.44 bits per heavy atom. The Bertz CT molecular complexity index is 1320. The monoisotopic (exact) mass is 452 g/mol. The Kier molecular flexibility index (Phi) is 6.59. The number of amides is 2. The van der Waals surface area contributed by atoms with Crippen molar-refractivity contribution in [1.29, 1.82) is 0 Å². The lowest BCUT2D eigenvalue weighted by molar-refractivity contribution is -0.116. The van der Waals surface area contributed by atoms with E-state index in [1.165, 1.54) is 18.2 Å². The van der Waals surface area contributed by atoms with Crippen LogP contribution in [0.5, 0.6) is 0 Å². The van der Waals surface area contributed by atoms with Gasteiger partial charge in [0.25, 0.3) is 5.91 Å². The number of nitrogens with one attached hydrogen (secondary N) is 2. The molecule has 4 rings (SSSR count). The summed E-state index contributed by atoms with van der Waals surface area (Å²) in [6, 6.07) is 18.1. The first kappa shape index (κ1) is 22.6. The topological polar surface area (TPSA) is 100 Å². The number of hydrogen-bond acceptors (Lipinski definition) is 6. The molecule has 2 aromatic heterocycles. The Labute approximate surface area is 197 Å². The van der Waals surface area contributed by atoms with Crippen molar-refractivity contribution in [3.63, 3.8) is 0 Å². The lowest BCUT2D eigenvalue weighted by Crippen LogP contribution is -2.22. The molecule has 8 heteroatoms. The van der Waals surface area contributed by atoms with Crippen molar-refractivity contribution < 1.29 is 9.59 Å². The predicted molar refractivity (Wildman–Crippen MR) is 133 cm³/mol. The van der Waals surface area contributed by atoms with Gasteiger partial charge < -0.3 is 15.5 Å². The summed E-state index contributed by atoms with van der Waals surface area (Å²) < 4.78 is 0. The number of anilines is 4. The van der Waals surface area contributed by atoms with E-state index in [1.54, 1.807) is 55.8 Å². The molecular formula is C26H24N6O2. The van der Waals surface area contributed by atoms with Crippen molar-refractivity contribution in [2.24, 2.45) is 0 Å². The Morgan fingerprint density at radius 1 is 0.941 bits per heavy atom. The molecule has 8 nitrogen and oxygen atoms in total. The molecule has 0 fully saturated rings. The molecule has 0 bridgehead atoms. The van der Waals surface area contributed by atoms with E-state index in [9.17, 15) is 9.59 Å². The highest BCUT2D eigenvalue weighted by Gasteiger charge is 2.13. The smallest absolute Gasteiger partial charge is 0.255 e. The first-order valence-electron chi connectivity index (χ1n) is 10.7. The van der Waals surface area contributed by atoms with Crippen LogP contribution in [0.4, 0.5) is 22.9 Å². The Hall–Kier alpha value is -4.59. The third-order valence-electron chi connectivity index (χ3n) is 5.40. The molecule has 0 atom stereocenters. The van der Waals surface area contributed by atoms with Crippen molar-refractivity contribution in [3.05, 3.63) is 90.5 Å². The minimum atomic E-state index is -0.243. The average Bonchev–Trinajstić information content (AvgIpc) is 2.86. The molecule has 0 saturated heterocycles. The zero-order valence-corrected chi connectivity index (χ0v) is 19.1. The number of rotatable bonds is 6. The molecule has 0 aliphatic carbocycles. The molecule has 0 unspecified atom stereocenters. The SMILES string of the molecule is CC(=O)N(C)c1ccc(NC(=O)c2ccc(C)c(Nc3ncccc3-c3ccncn3)c2)cc1. The van der Waals surface area contributed by atoms with Crippen molar-refractivity contribution in [3.8, 4) is 11.3 Å². The summed E-state index contributed by atoms with van der Waals surface area (Å²) in [4.78, 5) is 38.7. The van der Waals surface area contributed by atoms with Gasteiger partial charge in [-0.3, -0.25) is 9.59 Å². The second kappa shape index (κ2) is 9.91. The summed E-state index contributed by atoms with van der Waals surface area (Å²) in [5, 5.41) is 6.24. The fourth-order valence-corrected chi connectivity index (χ4v) is 3.34. The lowest BCUT2D eigenvalue weighted by Gasteiger charge is -2.16. The quantitative estimate of drug-likeness (QED) is 0.435. The normalized spacial score (nSPS) is 10.4. The van der Waals surface area contributed by atoms with Crippen LogP contribution in [0.2, 0.25) is 0 Å². The van der Waals surface area contributed by atoms with E-state index in [1.807, 2.05) is 31.2 Å². The van der Waals surface area contributed by atoms with Crippen molar-refractivity contribution >= 4 is 34.7 Å². The molecule has 2 amide bonds. The van der Waals surface area contributed by atoms with Crippen LogP contribution >= 0.6 is 0 Å². The highest BCUT2D eigenvalue weighted by molar-refractivity contribution is 6.05. The molecule has 0 saturated carbocycles. The molecule has 0 radical (unpaired) electrons. The van der Waals surface area contributed by atoms with E-state index in [4.69, 9.17) is 0 Å². The molecule has 0 aliphatic rings. The number of pyridine rings is 1. The summed E-state index contributed by atoms with van der Waals surface area (Å²) in [6.07, 6.45) is 4.87. The number of aromatic nitrogens is 3. The van der Waals surface area contributed by atoms with Gasteiger partial charge in [0.1, 0.15) is 12.1 Å². The van der Waals surface area contributed by atoms with Crippen molar-refractivity contribution in [1.82, 2.24) is 15.0 Å². The van der Waals surface area contributed by atoms with Gasteiger partial charge in [0.05, 0.1) is 5.69 Å². The minimum Gasteiger partial charge on any atom is -0.339 e. The van der Waals surface area contributed by atoms with E-state index >= 15 is 0 Å². The molecule has 0 aliphatic heterocycles. The standard InChI is InChI=1S/C26H24N6O2/c1-17-6-7-19(26(34)30-20-8-10-21(11-9-20)32(3)18(2)33)15-24(17)31-25-22(5-4-13-28-25)23-12-14-27-16-29-23/h4-16H,1-3H3,(H,28,31)(H,30,34). The fraction of sp³-hybridized carbons (Fsp3) is 0.115. The summed E-state index contributed by atoms with van der Waals surface area (Å²) in [6.45, 7) is 3.46. The number of carbonyl (C=O) groups excluding carboxylic acids is 2. The van der Waals surface area contributed by atoms with E-state index in [0.717, 1.165) is 28.2 Å². The van der Waals surface area contributed by atoms with E-state index < -0.39 is 0 Å². The molecule has 2 aromatic carbocycles. The first-order valence-corrected chi connectivity index (χ1v) is 10.7. The first-order chi connectivity index (χ1) is 16.4.